The van der Waals surface area contributed by atoms with Gasteiger partial charge in [-0.25, -0.2) is 18.9 Å². The van der Waals surface area contributed by atoms with Crippen LogP contribution < -0.4 is 4.74 Å². The lowest BCUT2D eigenvalue weighted by Crippen LogP contribution is -2.16. The van der Waals surface area contributed by atoms with Gasteiger partial charge in [0.05, 0.1) is 18.3 Å². The summed E-state index contributed by atoms with van der Waals surface area (Å²) in [6, 6.07) is 9.87. The number of halogens is 1. The fourth-order valence-corrected chi connectivity index (χ4v) is 4.66. The molecule has 0 atom stereocenters. The molecule has 0 N–H and O–H groups in total. The van der Waals surface area contributed by atoms with Gasteiger partial charge in [0.25, 0.3) is 10.0 Å². The van der Waals surface area contributed by atoms with Gasteiger partial charge in [0.2, 0.25) is 5.03 Å². The largest absolute Gasteiger partial charge is 0.494 e. The Bertz CT molecular complexity index is 1240. The lowest BCUT2D eigenvalue weighted by atomic mass is 10.2. The Balaban J connectivity index is 2.08. The fraction of sp³-hybridized carbons (Fsp3) is 0.0556. The number of benzene rings is 1. The van der Waals surface area contributed by atoms with Crippen molar-refractivity contribution < 1.29 is 13.2 Å². The number of nitrogens with zero attached hydrogens (tertiary/aromatic N) is 4. The van der Waals surface area contributed by atoms with E-state index < -0.39 is 10.0 Å². The fourth-order valence-electron chi connectivity index (χ4n) is 2.86. The first-order valence-corrected chi connectivity index (χ1v) is 9.65. The van der Waals surface area contributed by atoms with Crippen molar-refractivity contribution in [2.45, 2.75) is 5.03 Å². The van der Waals surface area contributed by atoms with Crippen LogP contribution in [0.5, 0.6) is 5.75 Å². The molecule has 4 aromatic rings. The Morgan fingerprint density at radius 2 is 1.89 bits per heavy atom. The van der Waals surface area contributed by atoms with E-state index in [1.54, 1.807) is 48.8 Å². The Morgan fingerprint density at radius 3 is 2.63 bits per heavy atom. The number of rotatable bonds is 4. The van der Waals surface area contributed by atoms with Gasteiger partial charge >= 0.3 is 0 Å². The van der Waals surface area contributed by atoms with Crippen LogP contribution in [0, 0.1) is 0 Å². The summed E-state index contributed by atoms with van der Waals surface area (Å²) in [7, 11) is -2.68. The van der Waals surface area contributed by atoms with Crippen LogP contribution in [0.2, 0.25) is 5.02 Å². The Labute approximate surface area is 160 Å². The summed E-state index contributed by atoms with van der Waals surface area (Å²) < 4.78 is 33.4. The minimum atomic E-state index is -4.07. The second-order valence-electron chi connectivity index (χ2n) is 5.64. The molecule has 0 saturated heterocycles. The molecule has 3 heterocycles. The van der Waals surface area contributed by atoms with Crippen molar-refractivity contribution in [3.05, 3.63) is 66.3 Å². The van der Waals surface area contributed by atoms with Gasteiger partial charge in [-0.05, 0) is 36.4 Å². The van der Waals surface area contributed by atoms with E-state index >= 15 is 0 Å². The van der Waals surface area contributed by atoms with Gasteiger partial charge in [-0.2, -0.15) is 8.42 Å². The van der Waals surface area contributed by atoms with Crippen LogP contribution in [-0.4, -0.2) is 34.5 Å². The molecule has 3 aromatic heterocycles. The molecule has 9 heteroatoms. The molecule has 0 bridgehead atoms. The molecule has 7 nitrogen and oxygen atoms in total. The molecule has 0 fully saturated rings. The highest BCUT2D eigenvalue weighted by Crippen LogP contribution is 2.34. The molecular formula is C18H13ClN4O3S. The maximum atomic E-state index is 13.5. The van der Waals surface area contributed by atoms with Crippen LogP contribution in [0.3, 0.4) is 0 Å². The van der Waals surface area contributed by atoms with Gasteiger partial charge < -0.3 is 4.74 Å². The minimum absolute atomic E-state index is 0.156. The maximum Gasteiger partial charge on any atom is 0.290 e. The first-order valence-electron chi connectivity index (χ1n) is 7.83. The number of aromatic nitrogens is 4. The minimum Gasteiger partial charge on any atom is -0.494 e. The lowest BCUT2D eigenvalue weighted by molar-refractivity contribution is 0.398. The van der Waals surface area contributed by atoms with E-state index in [-0.39, 0.29) is 10.8 Å². The number of ether oxygens (including phenoxy) is 1. The second-order valence-corrected chi connectivity index (χ2v) is 7.78. The summed E-state index contributed by atoms with van der Waals surface area (Å²) in [5.41, 5.74) is 1.41. The molecule has 0 aliphatic rings. The number of fused-ring (bicyclic) bond motifs is 1. The topological polar surface area (TPSA) is 87.0 Å². The third-order valence-electron chi connectivity index (χ3n) is 4.02. The second kappa shape index (κ2) is 6.64. The predicted molar refractivity (Wildman–Crippen MR) is 101 cm³/mol. The molecule has 0 unspecified atom stereocenters. The molecule has 27 heavy (non-hydrogen) atoms. The monoisotopic (exact) mass is 400 g/mol. The highest BCUT2D eigenvalue weighted by atomic mass is 35.5. The molecule has 0 spiro atoms. The van der Waals surface area contributed by atoms with Crippen molar-refractivity contribution in [1.82, 2.24) is 18.9 Å². The first-order chi connectivity index (χ1) is 13.0. The van der Waals surface area contributed by atoms with E-state index in [0.29, 0.717) is 27.2 Å². The van der Waals surface area contributed by atoms with Crippen LogP contribution in [0.4, 0.5) is 0 Å². The van der Waals surface area contributed by atoms with Gasteiger partial charge in [-0.15, -0.1) is 0 Å². The summed E-state index contributed by atoms with van der Waals surface area (Å²) >= 11 is 6.09. The van der Waals surface area contributed by atoms with Gasteiger partial charge in [-0.3, -0.25) is 0 Å². The maximum absolute atomic E-state index is 13.5. The summed E-state index contributed by atoms with van der Waals surface area (Å²) in [6.45, 7) is 0. The summed E-state index contributed by atoms with van der Waals surface area (Å²) in [5, 5.41) is 0.987. The molecule has 1 aromatic carbocycles. The SMILES string of the molecule is COc1cccnc1S(=O)(=O)n1c(-c2cncnc2)cc2cc(Cl)ccc21. The van der Waals surface area contributed by atoms with Crippen LogP contribution in [0.1, 0.15) is 0 Å². The third kappa shape index (κ3) is 2.92. The van der Waals surface area contributed by atoms with Crippen molar-refractivity contribution in [1.29, 1.82) is 0 Å². The molecule has 0 radical (unpaired) electrons. The standard InChI is InChI=1S/C18H13ClN4O3S/c1-26-17-3-2-6-22-18(17)27(24,25)23-15-5-4-14(19)7-12(15)8-16(23)13-9-20-11-21-10-13/h2-11H,1H3. The smallest absolute Gasteiger partial charge is 0.290 e. The zero-order valence-corrected chi connectivity index (χ0v) is 15.6. The van der Waals surface area contributed by atoms with Crippen molar-refractivity contribution in [2.24, 2.45) is 0 Å². The zero-order chi connectivity index (χ0) is 19.0. The van der Waals surface area contributed by atoms with E-state index in [1.165, 1.54) is 23.6 Å². The van der Waals surface area contributed by atoms with Gasteiger partial charge in [0.1, 0.15) is 6.33 Å². The lowest BCUT2D eigenvalue weighted by Gasteiger charge is -2.13. The Hall–Kier alpha value is -2.97. The van der Waals surface area contributed by atoms with Crippen LogP contribution in [-0.2, 0) is 10.0 Å². The average molecular weight is 401 g/mol. The average Bonchev–Trinajstić information content (AvgIpc) is 3.08. The zero-order valence-electron chi connectivity index (χ0n) is 14.1. The van der Waals surface area contributed by atoms with Crippen molar-refractivity contribution in [2.75, 3.05) is 7.11 Å². The quantitative estimate of drug-likeness (QED) is 0.521. The Morgan fingerprint density at radius 1 is 1.11 bits per heavy atom. The van der Waals surface area contributed by atoms with Gasteiger partial charge in [0.15, 0.2) is 5.75 Å². The van der Waals surface area contributed by atoms with E-state index in [0.717, 1.165) is 0 Å². The van der Waals surface area contributed by atoms with E-state index in [9.17, 15) is 8.42 Å². The highest BCUT2D eigenvalue weighted by molar-refractivity contribution is 7.90. The molecule has 0 aliphatic carbocycles. The summed E-state index contributed by atoms with van der Waals surface area (Å²) in [6.07, 6.45) is 5.88. The van der Waals surface area contributed by atoms with Crippen LogP contribution >= 0.6 is 11.6 Å². The van der Waals surface area contributed by atoms with Crippen LogP contribution in [0.25, 0.3) is 22.2 Å². The van der Waals surface area contributed by atoms with Crippen LogP contribution in [0.15, 0.2) is 66.3 Å². The van der Waals surface area contributed by atoms with Crippen molar-refractivity contribution >= 4 is 32.5 Å². The van der Waals surface area contributed by atoms with Gasteiger partial charge in [-0.1, -0.05) is 11.6 Å². The number of hydrogen-bond donors (Lipinski definition) is 0. The van der Waals surface area contributed by atoms with E-state index in [1.807, 2.05) is 0 Å². The molecule has 4 rings (SSSR count). The first kappa shape index (κ1) is 17.4. The number of methoxy groups -OCH3 is 1. The molecular weight excluding hydrogens is 388 g/mol. The molecule has 0 saturated carbocycles. The predicted octanol–water partition coefficient (Wildman–Crippen LogP) is 3.39. The number of hydrogen-bond acceptors (Lipinski definition) is 6. The third-order valence-corrected chi connectivity index (χ3v) is 5.92. The Kier molecular flexibility index (Phi) is 4.29. The molecule has 0 aliphatic heterocycles. The summed E-state index contributed by atoms with van der Waals surface area (Å²) in [4.78, 5) is 12.0. The normalized spacial score (nSPS) is 11.6. The number of pyridine rings is 1. The van der Waals surface area contributed by atoms with E-state index in [4.69, 9.17) is 16.3 Å². The highest BCUT2D eigenvalue weighted by Gasteiger charge is 2.28. The molecule has 0 amide bonds. The molecule has 136 valence electrons. The van der Waals surface area contributed by atoms with Gasteiger partial charge in [0, 0.05) is 34.6 Å². The van der Waals surface area contributed by atoms with Crippen molar-refractivity contribution in [3.8, 4) is 17.0 Å². The van der Waals surface area contributed by atoms with Crippen molar-refractivity contribution in [3.63, 3.8) is 0 Å². The summed E-state index contributed by atoms with van der Waals surface area (Å²) in [5.74, 6) is 0.156. The van der Waals surface area contributed by atoms with E-state index in [2.05, 4.69) is 15.0 Å².